The van der Waals surface area contributed by atoms with Crippen LogP contribution in [0.2, 0.25) is 0 Å². The van der Waals surface area contributed by atoms with E-state index in [9.17, 15) is 13.2 Å². The molecule has 29 heavy (non-hydrogen) atoms. The van der Waals surface area contributed by atoms with Crippen molar-refractivity contribution in [3.8, 4) is 0 Å². The summed E-state index contributed by atoms with van der Waals surface area (Å²) in [6.07, 6.45) is 0. The Hall–Kier alpha value is -2.22. The van der Waals surface area contributed by atoms with Crippen LogP contribution in [0.15, 0.2) is 53.4 Å². The third-order valence-corrected chi connectivity index (χ3v) is 6.95. The predicted molar refractivity (Wildman–Crippen MR) is 117 cm³/mol. The first-order valence-electron chi connectivity index (χ1n) is 9.77. The Morgan fingerprint density at radius 3 is 2.24 bits per heavy atom. The lowest BCUT2D eigenvalue weighted by Crippen LogP contribution is -3.12. The van der Waals surface area contributed by atoms with Gasteiger partial charge in [-0.15, -0.1) is 0 Å². The van der Waals surface area contributed by atoms with Gasteiger partial charge in [0.15, 0.2) is 6.04 Å². The number of likely N-dealkylation sites (N-methyl/N-ethyl adjacent to an activating group) is 1. The smallest absolute Gasteiger partial charge is 0.282 e. The molecule has 0 aliphatic carbocycles. The van der Waals surface area contributed by atoms with Gasteiger partial charge in [0.25, 0.3) is 5.91 Å². The van der Waals surface area contributed by atoms with Crippen LogP contribution in [0, 0.1) is 0 Å². The zero-order chi connectivity index (χ0) is 21.8. The maximum absolute atomic E-state index is 12.7. The van der Waals surface area contributed by atoms with Crippen LogP contribution in [-0.2, 0) is 21.4 Å². The summed E-state index contributed by atoms with van der Waals surface area (Å²) in [5, 5.41) is 2.84. The monoisotopic (exact) mass is 418 g/mol. The van der Waals surface area contributed by atoms with E-state index in [-0.39, 0.29) is 16.8 Å². The maximum atomic E-state index is 12.7. The van der Waals surface area contributed by atoms with Crippen LogP contribution in [0.1, 0.15) is 37.8 Å². The predicted octanol–water partition coefficient (Wildman–Crippen LogP) is 2.10. The van der Waals surface area contributed by atoms with Crippen molar-refractivity contribution in [1.29, 1.82) is 0 Å². The highest BCUT2D eigenvalue weighted by Gasteiger charge is 2.23. The second kappa shape index (κ2) is 9.52. The minimum atomic E-state index is -3.55. The zero-order valence-corrected chi connectivity index (χ0v) is 18.9. The van der Waals surface area contributed by atoms with Crippen LogP contribution >= 0.6 is 0 Å². The highest BCUT2D eigenvalue weighted by Crippen LogP contribution is 2.18. The number of benzene rings is 2. The van der Waals surface area contributed by atoms with Gasteiger partial charge in [0.1, 0.15) is 6.54 Å². The molecule has 2 aromatic rings. The Balaban J connectivity index is 2.05. The van der Waals surface area contributed by atoms with Gasteiger partial charge < -0.3 is 10.2 Å². The molecule has 0 aliphatic heterocycles. The topological polar surface area (TPSA) is 70.9 Å². The molecule has 6 nitrogen and oxygen atoms in total. The molecule has 0 aromatic heterocycles. The van der Waals surface area contributed by atoms with Crippen molar-refractivity contribution in [2.75, 3.05) is 26.5 Å². The number of sulfonamides is 1. The van der Waals surface area contributed by atoms with Crippen molar-refractivity contribution in [2.45, 2.75) is 44.2 Å². The maximum Gasteiger partial charge on any atom is 0.282 e. The van der Waals surface area contributed by atoms with E-state index in [0.29, 0.717) is 11.6 Å². The number of nitrogens with zero attached hydrogens (tertiary/aromatic N) is 1. The Bertz CT molecular complexity index is 938. The van der Waals surface area contributed by atoms with Gasteiger partial charge in [-0.1, -0.05) is 44.2 Å². The van der Waals surface area contributed by atoms with E-state index in [2.05, 4.69) is 43.4 Å². The molecule has 0 bridgehead atoms. The second-order valence-corrected chi connectivity index (χ2v) is 10.1. The van der Waals surface area contributed by atoms with E-state index >= 15 is 0 Å². The second-order valence-electron chi connectivity index (χ2n) is 7.95. The van der Waals surface area contributed by atoms with Gasteiger partial charge in [0.05, 0.1) is 11.9 Å². The molecule has 0 spiro atoms. The first-order chi connectivity index (χ1) is 13.5. The first kappa shape index (κ1) is 23.1. The summed E-state index contributed by atoms with van der Waals surface area (Å²) in [5.74, 6) is 0.339. The summed E-state index contributed by atoms with van der Waals surface area (Å²) < 4.78 is 25.7. The standard InChI is InChI=1S/C22H31N3O3S/c1-16(2)19-12-10-18(11-13-19)15-25(6)17(3)22(26)23-20-8-7-9-21(14-20)29(27,28)24(4)5/h7-14,16-17H,15H2,1-6H3,(H,23,26)/p+1/t17-/m0/s1. The largest absolute Gasteiger partial charge is 0.324 e. The molecular weight excluding hydrogens is 386 g/mol. The summed E-state index contributed by atoms with van der Waals surface area (Å²) in [6, 6.07) is 14.5. The summed E-state index contributed by atoms with van der Waals surface area (Å²) >= 11 is 0. The van der Waals surface area contributed by atoms with Gasteiger partial charge in [0.2, 0.25) is 10.0 Å². The lowest BCUT2D eigenvalue weighted by Gasteiger charge is -2.21. The highest BCUT2D eigenvalue weighted by molar-refractivity contribution is 7.89. The Morgan fingerprint density at radius 2 is 1.69 bits per heavy atom. The van der Waals surface area contributed by atoms with Crippen LogP contribution in [-0.4, -0.2) is 45.8 Å². The van der Waals surface area contributed by atoms with Gasteiger partial charge in [-0.3, -0.25) is 4.79 Å². The number of rotatable bonds is 8. The van der Waals surface area contributed by atoms with E-state index in [1.54, 1.807) is 12.1 Å². The SMILES string of the molecule is CC(C)c1ccc(C[NH+](C)[C@@H](C)C(=O)Nc2cccc(S(=O)(=O)N(C)C)c2)cc1. The van der Waals surface area contributed by atoms with Crippen molar-refractivity contribution in [2.24, 2.45) is 0 Å². The number of anilines is 1. The molecule has 2 N–H and O–H groups in total. The number of nitrogens with one attached hydrogen (secondary N) is 2. The molecular formula is C22H32N3O3S+. The fourth-order valence-corrected chi connectivity index (χ4v) is 3.86. The molecule has 0 aliphatic rings. The van der Waals surface area contributed by atoms with Crippen LogP contribution < -0.4 is 10.2 Å². The molecule has 2 aromatic carbocycles. The van der Waals surface area contributed by atoms with Gasteiger partial charge in [0, 0.05) is 25.3 Å². The normalized spacial score (nSPS) is 14.1. The van der Waals surface area contributed by atoms with E-state index in [4.69, 9.17) is 0 Å². The van der Waals surface area contributed by atoms with Gasteiger partial charge in [-0.05, 0) is 36.6 Å². The summed E-state index contributed by atoms with van der Waals surface area (Å²) in [6.45, 7) is 6.92. The molecule has 0 saturated carbocycles. The Labute approximate surface area is 174 Å². The fraction of sp³-hybridized carbons (Fsp3) is 0.409. The van der Waals surface area contributed by atoms with Gasteiger partial charge in [-0.2, -0.15) is 0 Å². The zero-order valence-electron chi connectivity index (χ0n) is 18.1. The summed E-state index contributed by atoms with van der Waals surface area (Å²) in [4.78, 5) is 13.9. The lowest BCUT2D eigenvalue weighted by atomic mass is 10.0. The van der Waals surface area contributed by atoms with Crippen LogP contribution in [0.5, 0.6) is 0 Å². The molecule has 158 valence electrons. The van der Waals surface area contributed by atoms with Gasteiger partial charge in [-0.25, -0.2) is 12.7 Å². The first-order valence-corrected chi connectivity index (χ1v) is 11.2. The number of carbonyl (C=O) groups is 1. The average molecular weight is 419 g/mol. The number of quaternary nitrogens is 1. The van der Waals surface area contributed by atoms with Crippen LogP contribution in [0.4, 0.5) is 5.69 Å². The number of amides is 1. The minimum absolute atomic E-state index is 0.152. The van der Waals surface area contributed by atoms with Crippen molar-refractivity contribution in [3.05, 3.63) is 59.7 Å². The number of carbonyl (C=O) groups excluding carboxylic acids is 1. The Morgan fingerprint density at radius 1 is 1.07 bits per heavy atom. The molecule has 0 heterocycles. The third-order valence-electron chi connectivity index (χ3n) is 5.14. The van der Waals surface area contributed by atoms with Crippen LogP contribution in [0.3, 0.4) is 0 Å². The third kappa shape index (κ3) is 5.88. The van der Waals surface area contributed by atoms with Gasteiger partial charge >= 0.3 is 0 Å². The molecule has 0 radical (unpaired) electrons. The fourth-order valence-electron chi connectivity index (χ4n) is 2.91. The Kier molecular flexibility index (Phi) is 7.57. The molecule has 0 fully saturated rings. The van der Waals surface area contributed by atoms with E-state index in [0.717, 1.165) is 15.7 Å². The average Bonchev–Trinajstić information content (AvgIpc) is 2.67. The quantitative estimate of drug-likeness (QED) is 0.690. The van der Waals surface area contributed by atoms with E-state index < -0.39 is 10.0 Å². The molecule has 1 amide bonds. The van der Waals surface area contributed by atoms with Crippen molar-refractivity contribution >= 4 is 21.6 Å². The lowest BCUT2D eigenvalue weighted by molar-refractivity contribution is -0.907. The molecule has 2 atom stereocenters. The molecule has 2 rings (SSSR count). The van der Waals surface area contributed by atoms with Crippen molar-refractivity contribution < 1.29 is 18.1 Å². The van der Waals surface area contributed by atoms with Crippen molar-refractivity contribution in [3.63, 3.8) is 0 Å². The number of hydrogen-bond donors (Lipinski definition) is 2. The minimum Gasteiger partial charge on any atom is -0.324 e. The summed E-state index contributed by atoms with van der Waals surface area (Å²) in [7, 11) is 1.40. The van der Waals surface area contributed by atoms with E-state index in [1.807, 2.05) is 14.0 Å². The number of hydrogen-bond acceptors (Lipinski definition) is 3. The van der Waals surface area contributed by atoms with Crippen LogP contribution in [0.25, 0.3) is 0 Å². The van der Waals surface area contributed by atoms with E-state index in [1.165, 1.54) is 37.4 Å². The molecule has 7 heteroatoms. The highest BCUT2D eigenvalue weighted by atomic mass is 32.2. The molecule has 0 saturated heterocycles. The molecule has 1 unspecified atom stereocenters. The van der Waals surface area contributed by atoms with Crippen molar-refractivity contribution in [1.82, 2.24) is 4.31 Å². The summed E-state index contributed by atoms with van der Waals surface area (Å²) in [5.41, 5.74) is 2.94.